The van der Waals surface area contributed by atoms with Crippen LogP contribution in [0.5, 0.6) is 0 Å². The second-order valence-electron chi connectivity index (χ2n) is 6.21. The first-order valence-corrected chi connectivity index (χ1v) is 8.63. The van der Waals surface area contributed by atoms with Crippen molar-refractivity contribution in [3.05, 3.63) is 83.8 Å². The van der Waals surface area contributed by atoms with Crippen molar-refractivity contribution in [1.29, 1.82) is 0 Å². The van der Waals surface area contributed by atoms with Crippen molar-refractivity contribution in [3.8, 4) is 11.4 Å². The summed E-state index contributed by atoms with van der Waals surface area (Å²) < 4.78 is 41.4. The molecule has 6 nitrogen and oxygen atoms in total. The van der Waals surface area contributed by atoms with E-state index >= 15 is 0 Å². The van der Waals surface area contributed by atoms with Crippen LogP contribution in [0.15, 0.2) is 66.9 Å². The molecule has 1 N–H and O–H groups in total. The van der Waals surface area contributed by atoms with Gasteiger partial charge in [-0.3, -0.25) is 9.78 Å². The molecular formula is C20H14F3N5O. The van der Waals surface area contributed by atoms with E-state index in [1.165, 1.54) is 12.3 Å². The normalized spacial score (nSPS) is 11.6. The van der Waals surface area contributed by atoms with Gasteiger partial charge in [-0.05, 0) is 23.8 Å². The first kappa shape index (κ1) is 18.6. The van der Waals surface area contributed by atoms with E-state index in [0.717, 1.165) is 11.6 Å². The van der Waals surface area contributed by atoms with E-state index in [2.05, 4.69) is 20.4 Å². The van der Waals surface area contributed by atoms with Gasteiger partial charge in [0, 0.05) is 18.8 Å². The number of hydrogen-bond donors (Lipinski definition) is 1. The van der Waals surface area contributed by atoms with Crippen molar-refractivity contribution in [2.24, 2.45) is 0 Å². The highest BCUT2D eigenvalue weighted by Gasteiger charge is 2.35. The van der Waals surface area contributed by atoms with Crippen molar-refractivity contribution in [1.82, 2.24) is 24.9 Å². The molecule has 3 heterocycles. The molecule has 1 aromatic carbocycles. The molecule has 4 aromatic rings. The average molecular weight is 397 g/mol. The Balaban J connectivity index is 1.71. The summed E-state index contributed by atoms with van der Waals surface area (Å²) in [7, 11) is 0. The molecule has 146 valence electrons. The Hall–Kier alpha value is -3.75. The molecule has 9 heteroatoms. The predicted octanol–water partition coefficient (Wildman–Crippen LogP) is 3.74. The van der Waals surface area contributed by atoms with Gasteiger partial charge in [-0.1, -0.05) is 36.4 Å². The lowest BCUT2D eigenvalue weighted by Crippen LogP contribution is -2.23. The minimum Gasteiger partial charge on any atom is -0.347 e. The molecule has 0 aliphatic heterocycles. The van der Waals surface area contributed by atoms with Gasteiger partial charge in [-0.25, -0.2) is 9.50 Å². The summed E-state index contributed by atoms with van der Waals surface area (Å²) in [5.74, 6) is -0.591. The third-order valence-corrected chi connectivity index (χ3v) is 4.17. The number of aromatic nitrogens is 4. The summed E-state index contributed by atoms with van der Waals surface area (Å²) in [4.78, 5) is 20.6. The number of rotatable bonds is 4. The molecule has 0 fully saturated rings. The van der Waals surface area contributed by atoms with Crippen LogP contribution >= 0.6 is 0 Å². The molecule has 0 atom stereocenters. The smallest absolute Gasteiger partial charge is 0.347 e. The van der Waals surface area contributed by atoms with Gasteiger partial charge in [0.05, 0.1) is 11.4 Å². The van der Waals surface area contributed by atoms with Crippen LogP contribution in [-0.4, -0.2) is 25.5 Å². The highest BCUT2D eigenvalue weighted by atomic mass is 19.4. The topological polar surface area (TPSA) is 72.2 Å². The van der Waals surface area contributed by atoms with Crippen LogP contribution < -0.4 is 5.32 Å². The zero-order valence-corrected chi connectivity index (χ0v) is 14.9. The maximum Gasteiger partial charge on any atom is 0.433 e. The van der Waals surface area contributed by atoms with E-state index in [1.807, 2.05) is 30.3 Å². The molecule has 0 saturated carbocycles. The fourth-order valence-corrected chi connectivity index (χ4v) is 2.80. The lowest BCUT2D eigenvalue weighted by atomic mass is 10.2. The summed E-state index contributed by atoms with van der Waals surface area (Å²) in [6, 6.07) is 16.1. The molecule has 0 aliphatic carbocycles. The zero-order chi connectivity index (χ0) is 20.4. The van der Waals surface area contributed by atoms with Gasteiger partial charge in [0.25, 0.3) is 5.91 Å². The molecule has 0 unspecified atom stereocenters. The maximum absolute atomic E-state index is 13.6. The number of nitrogens with zero attached hydrogens (tertiary/aromatic N) is 4. The number of benzene rings is 1. The summed E-state index contributed by atoms with van der Waals surface area (Å²) in [6.45, 7) is 0.228. The standard InChI is InChI=1S/C20H14F3N5O/c21-20(22,23)17-10-15(14-8-4-5-9-24-14)26-18-11-16(27-28(17)18)19(29)25-12-13-6-2-1-3-7-13/h1-11H,12H2,(H,25,29). The van der Waals surface area contributed by atoms with Gasteiger partial charge in [0.2, 0.25) is 0 Å². The minimum atomic E-state index is -4.69. The Kier molecular flexibility index (Phi) is 4.71. The molecule has 29 heavy (non-hydrogen) atoms. The average Bonchev–Trinajstić information content (AvgIpc) is 3.16. The van der Waals surface area contributed by atoms with Gasteiger partial charge in [0.15, 0.2) is 17.0 Å². The highest BCUT2D eigenvalue weighted by Crippen LogP contribution is 2.31. The number of halogens is 3. The van der Waals surface area contributed by atoms with Gasteiger partial charge in [-0.2, -0.15) is 18.3 Å². The second-order valence-corrected chi connectivity index (χ2v) is 6.21. The van der Waals surface area contributed by atoms with E-state index in [1.54, 1.807) is 18.2 Å². The number of pyridine rings is 1. The van der Waals surface area contributed by atoms with E-state index in [0.29, 0.717) is 4.52 Å². The Morgan fingerprint density at radius 3 is 2.45 bits per heavy atom. The molecule has 0 bridgehead atoms. The Morgan fingerprint density at radius 2 is 1.76 bits per heavy atom. The Morgan fingerprint density at radius 1 is 1.00 bits per heavy atom. The number of fused-ring (bicyclic) bond motifs is 1. The molecule has 0 aliphatic rings. The van der Waals surface area contributed by atoms with Crippen LogP contribution in [0.1, 0.15) is 21.7 Å². The summed E-state index contributed by atoms with van der Waals surface area (Å²) in [6.07, 6.45) is -3.22. The molecular weight excluding hydrogens is 383 g/mol. The molecule has 4 rings (SSSR count). The Labute approximate surface area is 163 Å². The zero-order valence-electron chi connectivity index (χ0n) is 14.9. The summed E-state index contributed by atoms with van der Waals surface area (Å²) in [5, 5.41) is 6.47. The fraction of sp³-hybridized carbons (Fsp3) is 0.100. The van der Waals surface area contributed by atoms with Crippen molar-refractivity contribution >= 4 is 11.6 Å². The summed E-state index contributed by atoms with van der Waals surface area (Å²) >= 11 is 0. The van der Waals surface area contributed by atoms with E-state index in [-0.39, 0.29) is 29.3 Å². The first-order chi connectivity index (χ1) is 13.9. The molecule has 0 radical (unpaired) electrons. The van der Waals surface area contributed by atoms with Crippen LogP contribution in [0.2, 0.25) is 0 Å². The van der Waals surface area contributed by atoms with Crippen molar-refractivity contribution < 1.29 is 18.0 Å². The largest absolute Gasteiger partial charge is 0.433 e. The van der Waals surface area contributed by atoms with Gasteiger partial charge < -0.3 is 5.32 Å². The van der Waals surface area contributed by atoms with Crippen LogP contribution in [0.3, 0.4) is 0 Å². The number of carbonyl (C=O) groups is 1. The van der Waals surface area contributed by atoms with E-state index in [4.69, 9.17) is 0 Å². The molecule has 3 aromatic heterocycles. The number of amides is 1. The van der Waals surface area contributed by atoms with Gasteiger partial charge in [-0.15, -0.1) is 0 Å². The van der Waals surface area contributed by atoms with Gasteiger partial charge in [0.1, 0.15) is 0 Å². The van der Waals surface area contributed by atoms with Crippen molar-refractivity contribution in [2.75, 3.05) is 0 Å². The van der Waals surface area contributed by atoms with Gasteiger partial charge >= 0.3 is 6.18 Å². The summed E-state index contributed by atoms with van der Waals surface area (Å²) in [5.41, 5.74) is -0.0952. The van der Waals surface area contributed by atoms with Crippen molar-refractivity contribution in [2.45, 2.75) is 12.7 Å². The van der Waals surface area contributed by atoms with Crippen LogP contribution in [0.25, 0.3) is 17.0 Å². The van der Waals surface area contributed by atoms with E-state index in [9.17, 15) is 18.0 Å². The van der Waals surface area contributed by atoms with Crippen molar-refractivity contribution in [3.63, 3.8) is 0 Å². The highest BCUT2D eigenvalue weighted by molar-refractivity contribution is 5.93. The SMILES string of the molecule is O=C(NCc1ccccc1)c1cc2nc(-c3ccccn3)cc(C(F)(F)F)n2n1. The van der Waals surface area contributed by atoms with Crippen LogP contribution in [-0.2, 0) is 12.7 Å². The number of nitrogens with one attached hydrogen (secondary N) is 1. The first-order valence-electron chi connectivity index (χ1n) is 8.63. The lowest BCUT2D eigenvalue weighted by Gasteiger charge is -2.10. The van der Waals surface area contributed by atoms with E-state index < -0.39 is 17.8 Å². The molecule has 1 amide bonds. The molecule has 0 saturated heterocycles. The third kappa shape index (κ3) is 3.93. The predicted molar refractivity (Wildman–Crippen MR) is 98.8 cm³/mol. The maximum atomic E-state index is 13.6. The minimum absolute atomic E-state index is 0.0431. The lowest BCUT2D eigenvalue weighted by molar-refractivity contribution is -0.142. The van der Waals surface area contributed by atoms with Crippen LogP contribution in [0, 0.1) is 0 Å². The van der Waals surface area contributed by atoms with Crippen LogP contribution in [0.4, 0.5) is 13.2 Å². The monoisotopic (exact) mass is 397 g/mol. The third-order valence-electron chi connectivity index (χ3n) is 4.17. The number of alkyl halides is 3. The quantitative estimate of drug-likeness (QED) is 0.570. The fourth-order valence-electron chi connectivity index (χ4n) is 2.80. The second kappa shape index (κ2) is 7.34. The molecule has 0 spiro atoms. The Bertz CT molecular complexity index is 1160. The number of carbonyl (C=O) groups excluding carboxylic acids is 1. The number of hydrogen-bond acceptors (Lipinski definition) is 4.